The minimum atomic E-state index is -2.27. The second-order valence-corrected chi connectivity index (χ2v) is 1.57. The molecule has 0 aromatic rings. The van der Waals surface area contributed by atoms with Crippen molar-refractivity contribution in [1.82, 2.24) is 0 Å². The third-order valence-corrected chi connectivity index (χ3v) is 0.805. The van der Waals surface area contributed by atoms with Crippen molar-refractivity contribution in [2.75, 3.05) is 0 Å². The van der Waals surface area contributed by atoms with Gasteiger partial charge >= 0.3 is 11.9 Å². The molecule has 4 N–H and O–H groups in total. The molecule has 0 bridgehead atoms. The first-order valence-electron chi connectivity index (χ1n) is 2.28. The van der Waals surface area contributed by atoms with Crippen LogP contribution in [0.1, 0.15) is 0 Å². The Morgan fingerprint density at radius 1 is 0.833 bits per heavy atom. The molecule has 0 aliphatic rings. The molecule has 72 valence electrons. The van der Waals surface area contributed by atoms with Crippen molar-refractivity contribution in [3.63, 3.8) is 0 Å². The summed E-state index contributed by atoms with van der Waals surface area (Å²) in [6.45, 7) is 0. The Bertz CT molecular complexity index is 142. The predicted molar refractivity (Wildman–Crippen MR) is 27.3 cm³/mol. The molecule has 0 amide bonds. The Kier molecular flexibility index (Phi) is 11.2. The van der Waals surface area contributed by atoms with Crippen LogP contribution in [-0.2, 0) is 43.7 Å². The van der Waals surface area contributed by atoms with E-state index in [1.165, 1.54) is 0 Å². The molecule has 0 spiro atoms. The quantitative estimate of drug-likeness (QED) is 0.431. The summed E-state index contributed by atoms with van der Waals surface area (Å²) in [6.07, 6.45) is -4.53. The number of carbonyl (C=O) groups is 2. The Balaban J connectivity index is -0.000000405. The van der Waals surface area contributed by atoms with E-state index < -0.39 is 24.1 Å². The number of carboxylic acids is 2. The monoisotopic (exact) mass is 260 g/mol. The number of carboxylic acid groups (broad SMARTS) is 2. The maximum atomic E-state index is 9.77. The Labute approximate surface area is 88.5 Å². The van der Waals surface area contributed by atoms with Gasteiger partial charge in [-0.3, -0.25) is 0 Å². The zero-order valence-corrected chi connectivity index (χ0v) is 7.88. The first-order valence-corrected chi connectivity index (χ1v) is 2.28. The van der Waals surface area contributed by atoms with Gasteiger partial charge in [-0.05, 0) is 0 Å². The van der Waals surface area contributed by atoms with Gasteiger partial charge in [0.25, 0.3) is 0 Å². The Morgan fingerprint density at radius 2 is 1.00 bits per heavy atom. The van der Waals surface area contributed by atoms with E-state index in [4.69, 9.17) is 20.4 Å². The fourth-order valence-corrected chi connectivity index (χ4v) is 0.270. The number of hydrogen-bond acceptors (Lipinski definition) is 4. The third kappa shape index (κ3) is 5.54. The molecule has 0 aliphatic heterocycles. The predicted octanol–water partition coefficient (Wildman–Crippen LogP) is -2.13. The zero-order chi connectivity index (χ0) is 8.31. The molecule has 8 heteroatoms. The fraction of sp³-hybridized carbons (Fsp3) is 0.500. The molecular formula is C4H6Mn2O6. The van der Waals surface area contributed by atoms with Gasteiger partial charge in [0.15, 0.2) is 12.2 Å². The summed E-state index contributed by atoms with van der Waals surface area (Å²) >= 11 is 0. The van der Waals surface area contributed by atoms with Crippen LogP contribution in [0.2, 0.25) is 0 Å². The van der Waals surface area contributed by atoms with Crippen LogP contribution < -0.4 is 0 Å². The van der Waals surface area contributed by atoms with E-state index in [0.29, 0.717) is 0 Å². The van der Waals surface area contributed by atoms with Crippen molar-refractivity contribution in [3.05, 3.63) is 0 Å². The molecule has 0 rings (SSSR count). The second kappa shape index (κ2) is 7.54. The normalized spacial score (nSPS) is 13.2. The average molecular weight is 260 g/mol. The Morgan fingerprint density at radius 3 is 1.08 bits per heavy atom. The molecule has 0 saturated heterocycles. The van der Waals surface area contributed by atoms with Crippen molar-refractivity contribution in [2.24, 2.45) is 0 Å². The summed E-state index contributed by atoms with van der Waals surface area (Å²) < 4.78 is 0. The van der Waals surface area contributed by atoms with E-state index in [-0.39, 0.29) is 34.1 Å². The molecule has 2 radical (unpaired) electrons. The van der Waals surface area contributed by atoms with Gasteiger partial charge in [0.05, 0.1) is 0 Å². The minimum Gasteiger partial charge on any atom is -0.479 e. The van der Waals surface area contributed by atoms with Crippen molar-refractivity contribution in [3.8, 4) is 0 Å². The molecule has 2 unspecified atom stereocenters. The molecule has 0 heterocycles. The third-order valence-electron chi connectivity index (χ3n) is 0.805. The first-order chi connectivity index (χ1) is 4.46. The summed E-state index contributed by atoms with van der Waals surface area (Å²) in [4.78, 5) is 19.5. The van der Waals surface area contributed by atoms with Crippen molar-refractivity contribution < 1.29 is 64.2 Å². The maximum Gasteiger partial charge on any atom is 0.335 e. The van der Waals surface area contributed by atoms with Gasteiger partial charge in [-0.15, -0.1) is 0 Å². The molecule has 0 aromatic carbocycles. The smallest absolute Gasteiger partial charge is 0.335 e. The molecular weight excluding hydrogens is 254 g/mol. The maximum absolute atomic E-state index is 9.77. The van der Waals surface area contributed by atoms with Crippen molar-refractivity contribution >= 4 is 11.9 Å². The minimum absolute atomic E-state index is 0. The molecule has 0 aliphatic carbocycles. The van der Waals surface area contributed by atoms with Crippen LogP contribution in [0.4, 0.5) is 0 Å². The number of aliphatic hydroxyl groups excluding tert-OH is 2. The fourth-order valence-electron chi connectivity index (χ4n) is 0.270. The van der Waals surface area contributed by atoms with Crippen LogP contribution in [0.5, 0.6) is 0 Å². The van der Waals surface area contributed by atoms with Crippen molar-refractivity contribution in [2.45, 2.75) is 12.2 Å². The van der Waals surface area contributed by atoms with E-state index in [0.717, 1.165) is 0 Å². The molecule has 0 aromatic heterocycles. The van der Waals surface area contributed by atoms with Crippen LogP contribution in [0.3, 0.4) is 0 Å². The van der Waals surface area contributed by atoms with Gasteiger partial charge in [-0.1, -0.05) is 0 Å². The SMILES string of the molecule is O=C(O)C(O)C(O)C(=O)O.[Mn].[Mn]. The van der Waals surface area contributed by atoms with E-state index >= 15 is 0 Å². The van der Waals surface area contributed by atoms with Gasteiger partial charge in [-0.25, -0.2) is 9.59 Å². The van der Waals surface area contributed by atoms with Crippen LogP contribution in [-0.4, -0.2) is 44.6 Å². The van der Waals surface area contributed by atoms with Crippen LogP contribution >= 0.6 is 0 Å². The molecule has 2 atom stereocenters. The van der Waals surface area contributed by atoms with Gasteiger partial charge in [0.2, 0.25) is 0 Å². The standard InChI is InChI=1S/C4H6O6.2Mn/c5-1(3(7)8)2(6)4(9)10;;/h1-2,5-6H,(H,7,8)(H,9,10);;. The van der Waals surface area contributed by atoms with E-state index in [1.807, 2.05) is 0 Å². The number of aliphatic carboxylic acids is 2. The van der Waals surface area contributed by atoms with Crippen LogP contribution in [0, 0.1) is 0 Å². The van der Waals surface area contributed by atoms with Crippen LogP contribution in [0.15, 0.2) is 0 Å². The van der Waals surface area contributed by atoms with Crippen molar-refractivity contribution in [1.29, 1.82) is 0 Å². The van der Waals surface area contributed by atoms with Gasteiger partial charge in [-0.2, -0.15) is 0 Å². The summed E-state index contributed by atoms with van der Waals surface area (Å²) in [5.41, 5.74) is 0. The van der Waals surface area contributed by atoms with Gasteiger partial charge in [0, 0.05) is 34.1 Å². The van der Waals surface area contributed by atoms with E-state index in [1.54, 1.807) is 0 Å². The number of hydrogen-bond donors (Lipinski definition) is 4. The topological polar surface area (TPSA) is 115 Å². The second-order valence-electron chi connectivity index (χ2n) is 1.57. The first kappa shape index (κ1) is 17.8. The van der Waals surface area contributed by atoms with Gasteiger partial charge in [0.1, 0.15) is 0 Å². The molecule has 0 fully saturated rings. The largest absolute Gasteiger partial charge is 0.479 e. The molecule has 12 heavy (non-hydrogen) atoms. The summed E-state index contributed by atoms with van der Waals surface area (Å²) in [6, 6.07) is 0. The van der Waals surface area contributed by atoms with Crippen LogP contribution in [0.25, 0.3) is 0 Å². The zero-order valence-electron chi connectivity index (χ0n) is 5.52. The van der Waals surface area contributed by atoms with Gasteiger partial charge < -0.3 is 20.4 Å². The summed E-state index contributed by atoms with van der Waals surface area (Å²) in [5.74, 6) is -3.54. The summed E-state index contributed by atoms with van der Waals surface area (Å²) in [7, 11) is 0. The average Bonchev–Trinajstić information content (AvgIpc) is 1.84. The van der Waals surface area contributed by atoms with E-state index in [9.17, 15) is 9.59 Å². The molecule has 0 saturated carbocycles. The molecule has 6 nitrogen and oxygen atoms in total. The number of aliphatic hydroxyl groups is 2. The summed E-state index contributed by atoms with van der Waals surface area (Å²) in [5, 5.41) is 32.5. The Hall–Kier alpha value is -0.101. The number of rotatable bonds is 3. The van der Waals surface area contributed by atoms with E-state index in [2.05, 4.69) is 0 Å².